The highest BCUT2D eigenvalue weighted by atomic mass is 16.5. The molecule has 7 heteroatoms. The molecule has 0 heterocycles. The van der Waals surface area contributed by atoms with Crippen molar-refractivity contribution in [2.75, 3.05) is 35.5 Å². The summed E-state index contributed by atoms with van der Waals surface area (Å²) >= 11 is 0. The molecular weight excluding hydrogens is 352 g/mol. The Bertz CT molecular complexity index is 739. The predicted octanol–water partition coefficient (Wildman–Crippen LogP) is 3.27. The van der Waals surface area contributed by atoms with E-state index in [4.69, 9.17) is 28.4 Å². The predicted molar refractivity (Wildman–Crippen MR) is 99.6 cm³/mol. The molecule has 0 N–H and O–H groups in total. The van der Waals surface area contributed by atoms with Crippen LogP contribution < -0.4 is 28.4 Å². The lowest BCUT2D eigenvalue weighted by atomic mass is 10.1. The molecule has 2 rings (SSSR count). The van der Waals surface area contributed by atoms with Gasteiger partial charge in [-0.3, -0.25) is 4.79 Å². The summed E-state index contributed by atoms with van der Waals surface area (Å²) in [6.45, 7) is 0. The number of aryl methyl sites for hydroxylation is 1. The molecule has 146 valence electrons. The third kappa shape index (κ3) is 5.20. The molecule has 0 radical (unpaired) electrons. The molecule has 0 unspecified atom stereocenters. The Kier molecular flexibility index (Phi) is 7.16. The van der Waals surface area contributed by atoms with Crippen molar-refractivity contribution < 1.29 is 33.2 Å². The summed E-state index contributed by atoms with van der Waals surface area (Å²) in [5, 5.41) is 0. The number of carbonyl (C=O) groups excluding carboxylic acids is 1. The highest BCUT2D eigenvalue weighted by Gasteiger charge is 2.15. The van der Waals surface area contributed by atoms with Gasteiger partial charge in [-0.15, -0.1) is 0 Å². The van der Waals surface area contributed by atoms with E-state index in [2.05, 4.69) is 0 Å². The Morgan fingerprint density at radius 2 is 1.22 bits per heavy atom. The molecule has 2 aromatic rings. The minimum atomic E-state index is -0.376. The van der Waals surface area contributed by atoms with Crippen molar-refractivity contribution in [3.63, 3.8) is 0 Å². The van der Waals surface area contributed by atoms with Crippen LogP contribution in [-0.2, 0) is 11.2 Å². The zero-order chi connectivity index (χ0) is 19.8. The number of carbonyl (C=O) groups is 1. The molecule has 0 aliphatic rings. The molecule has 27 heavy (non-hydrogen) atoms. The van der Waals surface area contributed by atoms with Crippen LogP contribution >= 0.6 is 0 Å². The van der Waals surface area contributed by atoms with Gasteiger partial charge in [-0.05, 0) is 24.1 Å². The second kappa shape index (κ2) is 9.56. The second-order valence-electron chi connectivity index (χ2n) is 5.56. The van der Waals surface area contributed by atoms with Gasteiger partial charge in [0.25, 0.3) is 0 Å². The Balaban J connectivity index is 2.07. The van der Waals surface area contributed by atoms with Crippen LogP contribution in [0.2, 0.25) is 0 Å². The molecule has 0 atom stereocenters. The number of hydrogen-bond acceptors (Lipinski definition) is 7. The van der Waals surface area contributed by atoms with E-state index in [9.17, 15) is 4.79 Å². The zero-order valence-electron chi connectivity index (χ0n) is 16.2. The van der Waals surface area contributed by atoms with Gasteiger partial charge >= 0.3 is 5.97 Å². The van der Waals surface area contributed by atoms with Crippen LogP contribution in [0, 0.1) is 0 Å². The second-order valence-corrected chi connectivity index (χ2v) is 5.56. The topological polar surface area (TPSA) is 72.5 Å². The van der Waals surface area contributed by atoms with Gasteiger partial charge in [0.05, 0.1) is 35.5 Å². The van der Waals surface area contributed by atoms with Gasteiger partial charge in [-0.25, -0.2) is 0 Å². The Hall–Kier alpha value is -3.09. The molecule has 0 bridgehead atoms. The summed E-state index contributed by atoms with van der Waals surface area (Å²) in [6, 6.07) is 8.57. The maximum Gasteiger partial charge on any atom is 0.311 e. The van der Waals surface area contributed by atoms with Gasteiger partial charge in [0.2, 0.25) is 5.75 Å². The lowest BCUT2D eigenvalue weighted by Gasteiger charge is -2.14. The van der Waals surface area contributed by atoms with Gasteiger partial charge < -0.3 is 28.4 Å². The molecule has 0 saturated carbocycles. The van der Waals surface area contributed by atoms with E-state index in [1.54, 1.807) is 39.5 Å². The summed E-state index contributed by atoms with van der Waals surface area (Å²) < 4.78 is 31.7. The molecule has 0 aromatic heterocycles. The SMILES string of the molecule is COc1cc(OC)cc(OC(=O)CCc2cc(OC)c(OC)c(OC)c2)c1. The molecule has 0 saturated heterocycles. The number of benzene rings is 2. The maximum atomic E-state index is 12.2. The lowest BCUT2D eigenvalue weighted by molar-refractivity contribution is -0.134. The first kappa shape index (κ1) is 20.2. The van der Waals surface area contributed by atoms with E-state index in [1.165, 1.54) is 14.2 Å². The molecule has 2 aromatic carbocycles. The van der Waals surface area contributed by atoms with E-state index in [-0.39, 0.29) is 12.4 Å². The van der Waals surface area contributed by atoms with E-state index in [1.807, 2.05) is 12.1 Å². The fourth-order valence-electron chi connectivity index (χ4n) is 2.55. The Morgan fingerprint density at radius 1 is 0.704 bits per heavy atom. The molecule has 0 aliphatic heterocycles. The monoisotopic (exact) mass is 376 g/mol. The summed E-state index contributed by atoms with van der Waals surface area (Å²) in [4.78, 5) is 12.2. The van der Waals surface area contributed by atoms with Crippen LogP contribution in [0.1, 0.15) is 12.0 Å². The van der Waals surface area contributed by atoms with Crippen LogP contribution in [0.15, 0.2) is 30.3 Å². The van der Waals surface area contributed by atoms with Gasteiger partial charge in [0, 0.05) is 24.6 Å². The number of hydrogen-bond donors (Lipinski definition) is 0. The maximum absolute atomic E-state index is 12.2. The molecule has 7 nitrogen and oxygen atoms in total. The fraction of sp³-hybridized carbons (Fsp3) is 0.350. The first-order valence-corrected chi connectivity index (χ1v) is 8.27. The third-order valence-electron chi connectivity index (χ3n) is 3.90. The molecule has 0 fully saturated rings. The fourth-order valence-corrected chi connectivity index (χ4v) is 2.55. The van der Waals surface area contributed by atoms with Gasteiger partial charge in [0.1, 0.15) is 17.2 Å². The van der Waals surface area contributed by atoms with Crippen molar-refractivity contribution >= 4 is 5.97 Å². The standard InChI is InChI=1S/C20H24O7/c1-22-14-10-15(23-2)12-16(11-14)27-19(21)7-6-13-8-17(24-3)20(26-5)18(9-13)25-4/h8-12H,6-7H2,1-5H3. The van der Waals surface area contributed by atoms with Crippen molar-refractivity contribution in [2.45, 2.75) is 12.8 Å². The van der Waals surface area contributed by atoms with E-state index in [0.717, 1.165) is 5.56 Å². The van der Waals surface area contributed by atoms with E-state index < -0.39 is 0 Å². The van der Waals surface area contributed by atoms with Gasteiger partial charge in [-0.1, -0.05) is 0 Å². The van der Waals surface area contributed by atoms with Crippen molar-refractivity contribution in [1.29, 1.82) is 0 Å². The molecule has 0 aliphatic carbocycles. The van der Waals surface area contributed by atoms with Crippen molar-refractivity contribution in [1.82, 2.24) is 0 Å². The zero-order valence-corrected chi connectivity index (χ0v) is 16.2. The highest BCUT2D eigenvalue weighted by Crippen LogP contribution is 2.38. The van der Waals surface area contributed by atoms with E-state index in [0.29, 0.717) is 40.9 Å². The summed E-state index contributed by atoms with van der Waals surface area (Å²) in [6.07, 6.45) is 0.634. The normalized spacial score (nSPS) is 10.1. The van der Waals surface area contributed by atoms with Crippen LogP contribution in [0.4, 0.5) is 0 Å². The average Bonchev–Trinajstić information content (AvgIpc) is 2.70. The number of esters is 1. The summed E-state index contributed by atoms with van der Waals surface area (Å²) in [7, 11) is 7.70. The molecule has 0 spiro atoms. The van der Waals surface area contributed by atoms with E-state index >= 15 is 0 Å². The number of ether oxygens (including phenoxy) is 6. The van der Waals surface area contributed by atoms with Crippen molar-refractivity contribution in [3.8, 4) is 34.5 Å². The first-order chi connectivity index (χ1) is 13.0. The lowest BCUT2D eigenvalue weighted by Crippen LogP contribution is -2.09. The highest BCUT2D eigenvalue weighted by molar-refractivity contribution is 5.73. The average molecular weight is 376 g/mol. The Morgan fingerprint density at radius 3 is 1.67 bits per heavy atom. The summed E-state index contributed by atoms with van der Waals surface area (Å²) in [5.74, 6) is 2.66. The quantitative estimate of drug-likeness (QED) is 0.491. The third-order valence-corrected chi connectivity index (χ3v) is 3.90. The van der Waals surface area contributed by atoms with Crippen LogP contribution in [0.25, 0.3) is 0 Å². The Labute approximate surface area is 158 Å². The van der Waals surface area contributed by atoms with Crippen molar-refractivity contribution in [3.05, 3.63) is 35.9 Å². The first-order valence-electron chi connectivity index (χ1n) is 8.27. The largest absolute Gasteiger partial charge is 0.496 e. The molecular formula is C20H24O7. The number of methoxy groups -OCH3 is 5. The van der Waals surface area contributed by atoms with Crippen LogP contribution in [0.3, 0.4) is 0 Å². The smallest absolute Gasteiger partial charge is 0.311 e. The summed E-state index contributed by atoms with van der Waals surface area (Å²) in [5.41, 5.74) is 0.865. The van der Waals surface area contributed by atoms with Gasteiger partial charge in [0.15, 0.2) is 11.5 Å². The van der Waals surface area contributed by atoms with Crippen molar-refractivity contribution in [2.24, 2.45) is 0 Å². The number of rotatable bonds is 9. The minimum absolute atomic E-state index is 0.179. The molecule has 0 amide bonds. The minimum Gasteiger partial charge on any atom is -0.496 e. The van der Waals surface area contributed by atoms with Crippen LogP contribution in [-0.4, -0.2) is 41.5 Å². The van der Waals surface area contributed by atoms with Crippen LogP contribution in [0.5, 0.6) is 34.5 Å². The van der Waals surface area contributed by atoms with Gasteiger partial charge in [-0.2, -0.15) is 0 Å².